The van der Waals surface area contributed by atoms with Gasteiger partial charge in [-0.15, -0.1) is 0 Å². The van der Waals surface area contributed by atoms with Gasteiger partial charge in [0, 0.05) is 32.1 Å². The molecule has 0 spiro atoms. The van der Waals surface area contributed by atoms with E-state index < -0.39 is 4.92 Å². The monoisotopic (exact) mass is 303 g/mol. The summed E-state index contributed by atoms with van der Waals surface area (Å²) in [4.78, 5) is 28.8. The summed E-state index contributed by atoms with van der Waals surface area (Å²) >= 11 is 0. The van der Waals surface area contributed by atoms with E-state index >= 15 is 0 Å². The molecule has 1 saturated heterocycles. The zero-order chi connectivity index (χ0) is 15.5. The highest BCUT2D eigenvalue weighted by Crippen LogP contribution is 2.25. The second-order valence-corrected chi connectivity index (χ2v) is 5.23. The largest absolute Gasteiger partial charge is 0.372 e. The number of aromatic nitrogens is 2. The van der Waals surface area contributed by atoms with Crippen molar-refractivity contribution in [2.75, 3.05) is 25.0 Å². The Morgan fingerprint density at radius 1 is 1.36 bits per heavy atom. The molecule has 0 bridgehead atoms. The first kappa shape index (κ1) is 14.3. The Labute approximate surface area is 126 Å². The van der Waals surface area contributed by atoms with E-state index in [1.54, 1.807) is 24.4 Å². The number of amides is 1. The molecule has 0 saturated carbocycles. The lowest BCUT2D eigenvalue weighted by Crippen LogP contribution is -2.29. The average molecular weight is 303 g/mol. The van der Waals surface area contributed by atoms with Crippen LogP contribution in [0.3, 0.4) is 0 Å². The Kier molecular flexibility index (Phi) is 3.90. The van der Waals surface area contributed by atoms with Crippen molar-refractivity contribution < 1.29 is 9.72 Å². The molecule has 3 heterocycles. The number of carbonyl (C=O) groups is 1. The summed E-state index contributed by atoms with van der Waals surface area (Å²) in [7, 11) is 0. The minimum Gasteiger partial charge on any atom is -0.362 e. The van der Waals surface area contributed by atoms with Crippen LogP contribution in [0.25, 0.3) is 5.65 Å². The van der Waals surface area contributed by atoms with E-state index in [0.29, 0.717) is 18.6 Å². The fourth-order valence-corrected chi connectivity index (χ4v) is 2.69. The number of anilines is 1. The van der Waals surface area contributed by atoms with E-state index in [9.17, 15) is 14.9 Å². The van der Waals surface area contributed by atoms with Crippen LogP contribution in [0.4, 0.5) is 11.6 Å². The third-order valence-electron chi connectivity index (χ3n) is 3.77. The van der Waals surface area contributed by atoms with Crippen LogP contribution in [-0.4, -0.2) is 44.7 Å². The average Bonchev–Trinajstić information content (AvgIpc) is 3.14. The van der Waals surface area contributed by atoms with Crippen molar-refractivity contribution in [1.82, 2.24) is 14.3 Å². The number of pyridine rings is 1. The van der Waals surface area contributed by atoms with Crippen LogP contribution in [0.15, 0.2) is 24.4 Å². The van der Waals surface area contributed by atoms with Crippen LogP contribution in [0.5, 0.6) is 0 Å². The van der Waals surface area contributed by atoms with Gasteiger partial charge in [-0.3, -0.25) is 4.79 Å². The van der Waals surface area contributed by atoms with Gasteiger partial charge in [0.1, 0.15) is 0 Å². The second-order valence-electron chi connectivity index (χ2n) is 5.23. The minimum atomic E-state index is -0.468. The normalized spacial score (nSPS) is 14.5. The third-order valence-corrected chi connectivity index (χ3v) is 3.77. The van der Waals surface area contributed by atoms with Crippen LogP contribution >= 0.6 is 0 Å². The first-order valence-electron chi connectivity index (χ1n) is 7.30. The standard InChI is InChI=1S/C14H17N5O3/c20-12(17-8-3-4-9-17)6-7-15-13-14(19(21)22)18-10-2-1-5-11(18)16-13/h1-2,5,10,15H,3-4,6-9H2. The SMILES string of the molecule is O=C(CCNc1nc2ccccn2c1[N+](=O)[O-])N1CCCC1. The molecule has 2 aromatic rings. The lowest BCUT2D eigenvalue weighted by atomic mass is 10.3. The molecule has 0 aromatic carbocycles. The smallest absolute Gasteiger partial charge is 0.362 e. The van der Waals surface area contributed by atoms with Crippen LogP contribution in [0, 0.1) is 10.1 Å². The zero-order valence-electron chi connectivity index (χ0n) is 12.1. The Morgan fingerprint density at radius 3 is 2.86 bits per heavy atom. The minimum absolute atomic E-state index is 0.0800. The number of carbonyl (C=O) groups excluding carboxylic acids is 1. The van der Waals surface area contributed by atoms with Crippen LogP contribution in [-0.2, 0) is 4.79 Å². The van der Waals surface area contributed by atoms with Gasteiger partial charge in [-0.2, -0.15) is 9.38 Å². The number of likely N-dealkylation sites (tertiary alicyclic amines) is 1. The lowest BCUT2D eigenvalue weighted by Gasteiger charge is -2.14. The van der Waals surface area contributed by atoms with Crippen molar-refractivity contribution in [3.63, 3.8) is 0 Å². The van der Waals surface area contributed by atoms with Crippen LogP contribution in [0.2, 0.25) is 0 Å². The summed E-state index contributed by atoms with van der Waals surface area (Å²) in [5, 5.41) is 14.1. The molecule has 116 valence electrons. The Morgan fingerprint density at radius 2 is 2.14 bits per heavy atom. The zero-order valence-corrected chi connectivity index (χ0v) is 12.1. The van der Waals surface area contributed by atoms with Crippen LogP contribution in [0.1, 0.15) is 19.3 Å². The van der Waals surface area contributed by atoms with Gasteiger partial charge in [0.05, 0.1) is 6.20 Å². The van der Waals surface area contributed by atoms with Crippen molar-refractivity contribution >= 4 is 23.2 Å². The fourth-order valence-electron chi connectivity index (χ4n) is 2.69. The molecule has 3 rings (SSSR count). The molecule has 1 N–H and O–H groups in total. The van der Waals surface area contributed by atoms with Crippen molar-refractivity contribution in [2.24, 2.45) is 0 Å². The molecule has 22 heavy (non-hydrogen) atoms. The fraction of sp³-hybridized carbons (Fsp3) is 0.429. The Bertz CT molecular complexity index is 706. The summed E-state index contributed by atoms with van der Waals surface area (Å²) in [6, 6.07) is 5.18. The second kappa shape index (κ2) is 6.00. The highest BCUT2D eigenvalue weighted by molar-refractivity contribution is 5.77. The number of nitrogens with one attached hydrogen (secondary N) is 1. The van der Waals surface area contributed by atoms with E-state index in [4.69, 9.17) is 0 Å². The summed E-state index contributed by atoms with van der Waals surface area (Å²) in [6.07, 6.45) is 4.01. The summed E-state index contributed by atoms with van der Waals surface area (Å²) in [5.41, 5.74) is 0.502. The molecule has 1 aliphatic heterocycles. The molecular formula is C14H17N5O3. The third kappa shape index (κ3) is 2.72. The number of imidazole rings is 1. The number of hydrogen-bond acceptors (Lipinski definition) is 5. The van der Waals surface area contributed by atoms with Gasteiger partial charge in [0.15, 0.2) is 0 Å². The first-order valence-corrected chi connectivity index (χ1v) is 7.30. The van der Waals surface area contributed by atoms with Crippen molar-refractivity contribution in [3.8, 4) is 0 Å². The molecule has 1 fully saturated rings. The Hall–Kier alpha value is -2.64. The van der Waals surface area contributed by atoms with Gasteiger partial charge in [-0.25, -0.2) is 0 Å². The highest BCUT2D eigenvalue weighted by Gasteiger charge is 2.23. The van der Waals surface area contributed by atoms with Crippen LogP contribution < -0.4 is 5.32 Å². The molecular weight excluding hydrogens is 286 g/mol. The van der Waals surface area contributed by atoms with Gasteiger partial charge in [0.25, 0.3) is 0 Å². The quantitative estimate of drug-likeness (QED) is 0.670. The number of hydrogen-bond donors (Lipinski definition) is 1. The number of nitrogens with zero attached hydrogens (tertiary/aromatic N) is 4. The molecule has 2 aromatic heterocycles. The molecule has 8 nitrogen and oxygen atoms in total. The van der Waals surface area contributed by atoms with E-state index in [2.05, 4.69) is 10.3 Å². The van der Waals surface area contributed by atoms with Gasteiger partial charge in [-0.1, -0.05) is 6.07 Å². The maximum absolute atomic E-state index is 12.0. The lowest BCUT2D eigenvalue weighted by molar-refractivity contribution is -0.389. The topological polar surface area (TPSA) is 92.8 Å². The molecule has 0 radical (unpaired) electrons. The summed E-state index contributed by atoms with van der Waals surface area (Å²) in [6.45, 7) is 1.96. The predicted octanol–water partition coefficient (Wildman–Crippen LogP) is 1.67. The number of nitro groups is 1. The molecule has 0 unspecified atom stereocenters. The van der Waals surface area contributed by atoms with Gasteiger partial charge >= 0.3 is 5.82 Å². The van der Waals surface area contributed by atoms with Gasteiger partial charge in [0.2, 0.25) is 17.4 Å². The van der Waals surface area contributed by atoms with E-state index in [0.717, 1.165) is 25.9 Å². The maximum Gasteiger partial charge on any atom is 0.372 e. The van der Waals surface area contributed by atoms with Gasteiger partial charge < -0.3 is 20.3 Å². The molecule has 1 aliphatic rings. The Balaban J connectivity index is 1.69. The molecule has 0 atom stereocenters. The van der Waals surface area contributed by atoms with E-state index in [1.165, 1.54) is 4.40 Å². The first-order chi connectivity index (χ1) is 10.7. The van der Waals surface area contributed by atoms with Crippen molar-refractivity contribution in [1.29, 1.82) is 0 Å². The number of fused-ring (bicyclic) bond motifs is 1. The predicted molar refractivity (Wildman–Crippen MR) is 80.8 cm³/mol. The highest BCUT2D eigenvalue weighted by atomic mass is 16.6. The molecule has 8 heteroatoms. The van der Waals surface area contributed by atoms with Crippen molar-refractivity contribution in [2.45, 2.75) is 19.3 Å². The number of rotatable bonds is 5. The van der Waals surface area contributed by atoms with Crippen molar-refractivity contribution in [3.05, 3.63) is 34.5 Å². The van der Waals surface area contributed by atoms with E-state index in [-0.39, 0.29) is 17.5 Å². The van der Waals surface area contributed by atoms with E-state index in [1.807, 2.05) is 4.90 Å². The summed E-state index contributed by atoms with van der Waals surface area (Å²) < 4.78 is 1.42. The van der Waals surface area contributed by atoms with Gasteiger partial charge in [-0.05, 0) is 23.8 Å². The summed E-state index contributed by atoms with van der Waals surface area (Å²) in [5.74, 6) is 0.172. The maximum atomic E-state index is 12.0. The molecule has 1 amide bonds. The molecule has 0 aliphatic carbocycles.